The Kier molecular flexibility index (Phi) is 3.46. The van der Waals surface area contributed by atoms with E-state index in [9.17, 15) is 8.42 Å². The topological polar surface area (TPSA) is 86.6 Å². The molecule has 1 aromatic rings. The molecule has 0 saturated heterocycles. The van der Waals surface area contributed by atoms with Crippen LogP contribution in [0.4, 0.5) is 0 Å². The number of hydrogen-bond donors (Lipinski definition) is 3. The minimum atomic E-state index is -4.00. The maximum absolute atomic E-state index is 11.2. The lowest BCUT2D eigenvalue weighted by Gasteiger charge is -2.05. The van der Waals surface area contributed by atoms with Gasteiger partial charge in [0.1, 0.15) is 4.90 Å². The Morgan fingerprint density at radius 3 is 2.57 bits per heavy atom. The molecular formula is C7H8ClNO4S. The minimum absolute atomic E-state index is 0.0243. The molecule has 5 nitrogen and oxygen atoms in total. The molecule has 0 bridgehead atoms. The van der Waals surface area contributed by atoms with Gasteiger partial charge < -0.3 is 10.3 Å². The average Bonchev–Trinajstić information content (AvgIpc) is 2.18. The van der Waals surface area contributed by atoms with E-state index in [2.05, 4.69) is 0 Å². The van der Waals surface area contributed by atoms with E-state index in [1.165, 1.54) is 18.2 Å². The van der Waals surface area contributed by atoms with Crippen molar-refractivity contribution < 1.29 is 18.7 Å². The van der Waals surface area contributed by atoms with Gasteiger partial charge in [-0.15, -0.1) is 0 Å². The fraction of sp³-hybridized carbons (Fsp3) is 0.143. The number of hydrogen-bond acceptors (Lipinski definition) is 4. The van der Waals surface area contributed by atoms with Crippen LogP contribution in [0.2, 0.25) is 5.02 Å². The second-order valence-corrected chi connectivity index (χ2v) is 4.55. The molecule has 78 valence electrons. The number of sulfonamides is 1. The zero-order valence-corrected chi connectivity index (χ0v) is 8.51. The van der Waals surface area contributed by atoms with E-state index in [0.717, 1.165) is 4.89 Å². The van der Waals surface area contributed by atoms with Crippen molar-refractivity contribution in [2.45, 2.75) is 11.5 Å². The molecule has 0 fully saturated rings. The highest BCUT2D eigenvalue weighted by Crippen LogP contribution is 2.22. The molecule has 3 N–H and O–H groups in total. The van der Waals surface area contributed by atoms with Crippen LogP contribution >= 0.6 is 11.6 Å². The Morgan fingerprint density at radius 2 is 2.07 bits per heavy atom. The van der Waals surface area contributed by atoms with Gasteiger partial charge in [0.2, 0.25) is 0 Å². The van der Waals surface area contributed by atoms with Gasteiger partial charge in [-0.25, -0.2) is 8.42 Å². The molecule has 0 saturated carbocycles. The van der Waals surface area contributed by atoms with Crippen LogP contribution in [-0.4, -0.2) is 18.7 Å². The largest absolute Gasteiger partial charge is 0.392 e. The van der Waals surface area contributed by atoms with Gasteiger partial charge in [-0.05, 0) is 17.7 Å². The van der Waals surface area contributed by atoms with Crippen LogP contribution < -0.4 is 4.89 Å². The van der Waals surface area contributed by atoms with E-state index < -0.39 is 10.0 Å². The number of rotatable bonds is 3. The van der Waals surface area contributed by atoms with Gasteiger partial charge >= 0.3 is 0 Å². The van der Waals surface area contributed by atoms with Crippen LogP contribution in [0.5, 0.6) is 0 Å². The van der Waals surface area contributed by atoms with E-state index in [1.807, 2.05) is 0 Å². The zero-order chi connectivity index (χ0) is 10.8. The number of aliphatic hydroxyl groups is 1. The molecule has 14 heavy (non-hydrogen) atoms. The SMILES string of the molecule is O=S(=O)(NO)c1cc(CO)ccc1Cl. The number of halogens is 1. The Balaban J connectivity index is 3.33. The molecule has 0 unspecified atom stereocenters. The second-order valence-electron chi connectivity index (χ2n) is 2.52. The van der Waals surface area contributed by atoms with Crippen LogP contribution in [0.15, 0.2) is 23.1 Å². The van der Waals surface area contributed by atoms with Crippen molar-refractivity contribution in [3.8, 4) is 0 Å². The predicted octanol–water partition coefficient (Wildman–Crippen LogP) is 0.500. The number of nitrogens with one attached hydrogen (secondary N) is 1. The summed E-state index contributed by atoms with van der Waals surface area (Å²) in [6, 6.07) is 4.00. The standard InChI is InChI=1S/C7H8ClNO4S/c8-6-2-1-5(4-10)3-7(6)14(12,13)9-11/h1-3,9-11H,4H2. The molecule has 0 atom stereocenters. The monoisotopic (exact) mass is 237 g/mol. The molecule has 1 aromatic carbocycles. The summed E-state index contributed by atoms with van der Waals surface area (Å²) in [7, 11) is -4.00. The third-order valence-corrected chi connectivity index (χ3v) is 3.19. The van der Waals surface area contributed by atoms with E-state index >= 15 is 0 Å². The first kappa shape index (κ1) is 11.4. The van der Waals surface area contributed by atoms with Crippen LogP contribution in [-0.2, 0) is 16.6 Å². The van der Waals surface area contributed by atoms with Crippen molar-refractivity contribution in [2.24, 2.45) is 0 Å². The summed E-state index contributed by atoms with van der Waals surface area (Å²) in [4.78, 5) is 0.886. The molecule has 0 heterocycles. The molecule has 0 radical (unpaired) electrons. The van der Waals surface area contributed by atoms with Crippen molar-refractivity contribution >= 4 is 21.6 Å². The first-order valence-corrected chi connectivity index (χ1v) is 5.42. The molecule has 0 aliphatic rings. The smallest absolute Gasteiger partial charge is 0.263 e. The van der Waals surface area contributed by atoms with Crippen LogP contribution in [0, 0.1) is 0 Å². The minimum Gasteiger partial charge on any atom is -0.392 e. The number of benzene rings is 1. The molecule has 0 aliphatic carbocycles. The fourth-order valence-electron chi connectivity index (χ4n) is 0.901. The molecule has 0 aliphatic heterocycles. The third-order valence-electron chi connectivity index (χ3n) is 1.59. The van der Waals surface area contributed by atoms with Crippen LogP contribution in [0.3, 0.4) is 0 Å². The van der Waals surface area contributed by atoms with Gasteiger partial charge in [0, 0.05) is 0 Å². The molecule has 7 heteroatoms. The molecule has 0 spiro atoms. The third kappa shape index (κ3) is 2.23. The summed E-state index contributed by atoms with van der Waals surface area (Å²) in [6.07, 6.45) is 0. The van der Waals surface area contributed by atoms with E-state index in [1.54, 1.807) is 0 Å². The highest BCUT2D eigenvalue weighted by molar-refractivity contribution is 7.89. The molecule has 0 amide bonds. The van der Waals surface area contributed by atoms with Gasteiger partial charge in [-0.2, -0.15) is 0 Å². The van der Waals surface area contributed by atoms with Crippen molar-refractivity contribution in [1.29, 1.82) is 0 Å². The van der Waals surface area contributed by atoms with Gasteiger partial charge in [0.15, 0.2) is 0 Å². The zero-order valence-electron chi connectivity index (χ0n) is 6.94. The summed E-state index contributed by atoms with van der Waals surface area (Å²) in [5.74, 6) is 0. The van der Waals surface area contributed by atoms with Gasteiger partial charge in [0.25, 0.3) is 10.0 Å². The van der Waals surface area contributed by atoms with Crippen LogP contribution in [0.1, 0.15) is 5.56 Å². The van der Waals surface area contributed by atoms with Crippen molar-refractivity contribution in [3.63, 3.8) is 0 Å². The fourth-order valence-corrected chi connectivity index (χ4v) is 2.05. The second kappa shape index (κ2) is 4.24. The van der Waals surface area contributed by atoms with Gasteiger partial charge in [-0.1, -0.05) is 22.6 Å². The molecule has 1 rings (SSSR count). The predicted molar refractivity (Wildman–Crippen MR) is 49.5 cm³/mol. The Morgan fingerprint density at radius 1 is 1.43 bits per heavy atom. The van der Waals surface area contributed by atoms with Crippen molar-refractivity contribution in [1.82, 2.24) is 4.89 Å². The van der Waals surface area contributed by atoms with Gasteiger partial charge in [0.05, 0.1) is 11.6 Å². The molecule has 0 aromatic heterocycles. The maximum atomic E-state index is 11.2. The maximum Gasteiger partial charge on any atom is 0.263 e. The summed E-state index contributed by atoms with van der Waals surface area (Å²) >= 11 is 5.60. The van der Waals surface area contributed by atoms with E-state index in [0.29, 0.717) is 5.56 Å². The first-order chi connectivity index (χ1) is 6.51. The molecular weight excluding hydrogens is 230 g/mol. The first-order valence-electron chi connectivity index (χ1n) is 3.56. The van der Waals surface area contributed by atoms with E-state index in [-0.39, 0.29) is 16.5 Å². The summed E-state index contributed by atoms with van der Waals surface area (Å²) in [5.41, 5.74) is 0.392. The average molecular weight is 238 g/mol. The lowest BCUT2D eigenvalue weighted by molar-refractivity contribution is 0.242. The lowest BCUT2D eigenvalue weighted by Crippen LogP contribution is -2.19. The Hall–Kier alpha value is -0.660. The quantitative estimate of drug-likeness (QED) is 0.668. The van der Waals surface area contributed by atoms with Crippen molar-refractivity contribution in [3.05, 3.63) is 28.8 Å². The highest BCUT2D eigenvalue weighted by Gasteiger charge is 2.16. The summed E-state index contributed by atoms with van der Waals surface area (Å²) < 4.78 is 22.3. The van der Waals surface area contributed by atoms with Crippen molar-refractivity contribution in [2.75, 3.05) is 0 Å². The van der Waals surface area contributed by atoms with Crippen LogP contribution in [0.25, 0.3) is 0 Å². The number of aliphatic hydroxyl groups excluding tert-OH is 1. The lowest BCUT2D eigenvalue weighted by atomic mass is 10.2. The summed E-state index contributed by atoms with van der Waals surface area (Å²) in [5, 5.41) is 17.1. The Labute approximate surface area is 86.0 Å². The Bertz CT molecular complexity index is 431. The van der Waals surface area contributed by atoms with Gasteiger partial charge in [-0.3, -0.25) is 0 Å². The van der Waals surface area contributed by atoms with E-state index in [4.69, 9.17) is 21.9 Å². The highest BCUT2D eigenvalue weighted by atomic mass is 35.5. The normalized spacial score (nSPS) is 11.6. The summed E-state index contributed by atoms with van der Waals surface area (Å²) in [6.45, 7) is -0.300.